The third kappa shape index (κ3) is 3.63. The monoisotopic (exact) mass is 275 g/mol. The molecular formula is C16H18FNO2. The zero-order chi connectivity index (χ0) is 14.4. The molecule has 0 fully saturated rings. The van der Waals surface area contributed by atoms with Gasteiger partial charge >= 0.3 is 0 Å². The summed E-state index contributed by atoms with van der Waals surface area (Å²) in [6, 6.07) is 12.1. The number of hydrogen-bond donors (Lipinski definition) is 1. The van der Waals surface area contributed by atoms with E-state index >= 15 is 0 Å². The van der Waals surface area contributed by atoms with Gasteiger partial charge in [0.15, 0.2) is 11.5 Å². The number of halogens is 1. The first kappa shape index (κ1) is 14.2. The molecule has 0 aromatic heterocycles. The highest BCUT2D eigenvalue weighted by molar-refractivity contribution is 5.46. The summed E-state index contributed by atoms with van der Waals surface area (Å²) in [5.41, 5.74) is 1.94. The molecule has 0 atom stereocenters. The highest BCUT2D eigenvalue weighted by Crippen LogP contribution is 2.28. The average Bonchev–Trinajstić information content (AvgIpc) is 2.47. The van der Waals surface area contributed by atoms with Gasteiger partial charge in [0.25, 0.3) is 0 Å². The second-order valence-corrected chi connectivity index (χ2v) is 4.28. The molecule has 0 radical (unpaired) electrons. The van der Waals surface area contributed by atoms with Gasteiger partial charge in [-0.15, -0.1) is 0 Å². The van der Waals surface area contributed by atoms with Crippen molar-refractivity contribution in [1.29, 1.82) is 0 Å². The average molecular weight is 275 g/mol. The van der Waals surface area contributed by atoms with Crippen molar-refractivity contribution in [2.75, 3.05) is 19.0 Å². The first-order valence-corrected chi connectivity index (χ1v) is 6.52. The lowest BCUT2D eigenvalue weighted by atomic mass is 10.2. The molecule has 0 aliphatic carbocycles. The van der Waals surface area contributed by atoms with Crippen LogP contribution < -0.4 is 14.8 Å². The summed E-state index contributed by atoms with van der Waals surface area (Å²) in [7, 11) is 1.62. The van der Waals surface area contributed by atoms with Gasteiger partial charge in [0.2, 0.25) is 0 Å². The minimum Gasteiger partial charge on any atom is -0.493 e. The van der Waals surface area contributed by atoms with Crippen LogP contribution in [0.1, 0.15) is 12.5 Å². The maximum atomic E-state index is 12.8. The molecule has 0 saturated heterocycles. The zero-order valence-electron chi connectivity index (χ0n) is 11.7. The van der Waals surface area contributed by atoms with Crippen molar-refractivity contribution in [3.05, 3.63) is 53.8 Å². The number of methoxy groups -OCH3 is 1. The predicted molar refractivity (Wildman–Crippen MR) is 77.9 cm³/mol. The molecule has 0 saturated carbocycles. The molecule has 0 bridgehead atoms. The smallest absolute Gasteiger partial charge is 0.161 e. The van der Waals surface area contributed by atoms with Crippen molar-refractivity contribution in [1.82, 2.24) is 0 Å². The highest BCUT2D eigenvalue weighted by atomic mass is 19.1. The molecular weight excluding hydrogens is 257 g/mol. The van der Waals surface area contributed by atoms with Crippen LogP contribution in [0.3, 0.4) is 0 Å². The summed E-state index contributed by atoms with van der Waals surface area (Å²) >= 11 is 0. The van der Waals surface area contributed by atoms with E-state index in [1.165, 1.54) is 12.1 Å². The fourth-order valence-electron chi connectivity index (χ4n) is 1.87. The SMILES string of the molecule is CCOc1cc(CNc2ccc(F)cc2)ccc1OC. The molecule has 2 rings (SSSR count). The molecule has 3 nitrogen and oxygen atoms in total. The molecule has 1 N–H and O–H groups in total. The van der Waals surface area contributed by atoms with Crippen molar-refractivity contribution in [2.24, 2.45) is 0 Å². The van der Waals surface area contributed by atoms with Gasteiger partial charge in [0.05, 0.1) is 13.7 Å². The van der Waals surface area contributed by atoms with E-state index < -0.39 is 0 Å². The molecule has 4 heteroatoms. The van der Waals surface area contributed by atoms with Gasteiger partial charge < -0.3 is 14.8 Å². The normalized spacial score (nSPS) is 10.2. The first-order valence-electron chi connectivity index (χ1n) is 6.52. The molecule has 0 unspecified atom stereocenters. The zero-order valence-corrected chi connectivity index (χ0v) is 11.7. The van der Waals surface area contributed by atoms with E-state index in [4.69, 9.17) is 9.47 Å². The number of nitrogens with one attached hydrogen (secondary N) is 1. The fraction of sp³-hybridized carbons (Fsp3) is 0.250. The lowest BCUT2D eigenvalue weighted by Crippen LogP contribution is -2.01. The van der Waals surface area contributed by atoms with Gasteiger partial charge in [-0.05, 0) is 48.9 Å². The van der Waals surface area contributed by atoms with E-state index in [1.54, 1.807) is 19.2 Å². The molecule has 2 aromatic carbocycles. The Labute approximate surface area is 118 Å². The summed E-state index contributed by atoms with van der Waals surface area (Å²) in [4.78, 5) is 0. The van der Waals surface area contributed by atoms with Crippen LogP contribution in [-0.2, 0) is 6.54 Å². The fourth-order valence-corrected chi connectivity index (χ4v) is 1.87. The van der Waals surface area contributed by atoms with Crippen LogP contribution in [0.5, 0.6) is 11.5 Å². The molecule has 2 aromatic rings. The molecule has 20 heavy (non-hydrogen) atoms. The Hall–Kier alpha value is -2.23. The van der Waals surface area contributed by atoms with Gasteiger partial charge in [-0.1, -0.05) is 6.07 Å². The van der Waals surface area contributed by atoms with Crippen LogP contribution >= 0.6 is 0 Å². The number of benzene rings is 2. The van der Waals surface area contributed by atoms with E-state index in [0.717, 1.165) is 22.7 Å². The summed E-state index contributed by atoms with van der Waals surface area (Å²) in [5.74, 6) is 1.21. The Morgan fingerprint density at radius 1 is 1.05 bits per heavy atom. The minimum absolute atomic E-state index is 0.237. The van der Waals surface area contributed by atoms with Crippen molar-refractivity contribution < 1.29 is 13.9 Å². The van der Waals surface area contributed by atoms with Gasteiger partial charge in [-0.3, -0.25) is 0 Å². The number of hydrogen-bond acceptors (Lipinski definition) is 3. The quantitative estimate of drug-likeness (QED) is 0.868. The Kier molecular flexibility index (Phi) is 4.82. The van der Waals surface area contributed by atoms with Crippen LogP contribution in [0.25, 0.3) is 0 Å². The summed E-state index contributed by atoms with van der Waals surface area (Å²) in [6.45, 7) is 3.16. The first-order chi connectivity index (χ1) is 9.72. The van der Waals surface area contributed by atoms with E-state index in [0.29, 0.717) is 13.2 Å². The summed E-state index contributed by atoms with van der Waals surface area (Å²) in [6.07, 6.45) is 0. The predicted octanol–water partition coefficient (Wildman–Crippen LogP) is 3.85. The molecule has 0 amide bonds. The van der Waals surface area contributed by atoms with Crippen LogP contribution in [0.4, 0.5) is 10.1 Å². The standard InChI is InChI=1S/C16H18FNO2/c1-3-20-16-10-12(4-9-15(16)19-2)11-18-14-7-5-13(17)6-8-14/h4-10,18H,3,11H2,1-2H3. The van der Waals surface area contributed by atoms with Gasteiger partial charge in [0, 0.05) is 12.2 Å². The van der Waals surface area contributed by atoms with Crippen LogP contribution in [-0.4, -0.2) is 13.7 Å². The Morgan fingerprint density at radius 3 is 2.45 bits per heavy atom. The second kappa shape index (κ2) is 6.80. The molecule has 0 aliphatic rings. The Morgan fingerprint density at radius 2 is 1.80 bits per heavy atom. The van der Waals surface area contributed by atoms with E-state index in [2.05, 4.69) is 5.32 Å². The molecule has 0 spiro atoms. The molecule has 106 valence electrons. The van der Waals surface area contributed by atoms with E-state index in [9.17, 15) is 4.39 Å². The topological polar surface area (TPSA) is 30.5 Å². The number of anilines is 1. The highest BCUT2D eigenvalue weighted by Gasteiger charge is 2.05. The third-order valence-electron chi connectivity index (χ3n) is 2.87. The van der Waals surface area contributed by atoms with Gasteiger partial charge in [-0.25, -0.2) is 4.39 Å². The van der Waals surface area contributed by atoms with Crippen molar-refractivity contribution in [2.45, 2.75) is 13.5 Å². The maximum Gasteiger partial charge on any atom is 0.161 e. The van der Waals surface area contributed by atoms with Crippen LogP contribution in [0.15, 0.2) is 42.5 Å². The van der Waals surface area contributed by atoms with Crippen LogP contribution in [0, 0.1) is 5.82 Å². The van der Waals surface area contributed by atoms with Gasteiger partial charge in [0.1, 0.15) is 5.82 Å². The van der Waals surface area contributed by atoms with Crippen molar-refractivity contribution >= 4 is 5.69 Å². The summed E-state index contributed by atoms with van der Waals surface area (Å²) in [5, 5.41) is 3.23. The minimum atomic E-state index is -0.237. The molecule has 0 aliphatic heterocycles. The Bertz CT molecular complexity index is 555. The molecule has 0 heterocycles. The van der Waals surface area contributed by atoms with Crippen LogP contribution in [0.2, 0.25) is 0 Å². The summed E-state index contributed by atoms with van der Waals surface area (Å²) < 4.78 is 23.6. The largest absolute Gasteiger partial charge is 0.493 e. The second-order valence-electron chi connectivity index (χ2n) is 4.28. The lowest BCUT2D eigenvalue weighted by Gasteiger charge is -2.12. The van der Waals surface area contributed by atoms with E-state index in [-0.39, 0.29) is 5.82 Å². The maximum absolute atomic E-state index is 12.8. The number of ether oxygens (including phenoxy) is 2. The van der Waals surface area contributed by atoms with Crippen molar-refractivity contribution in [3.8, 4) is 11.5 Å². The van der Waals surface area contributed by atoms with Crippen molar-refractivity contribution in [3.63, 3.8) is 0 Å². The lowest BCUT2D eigenvalue weighted by molar-refractivity contribution is 0.310. The van der Waals surface area contributed by atoms with E-state index in [1.807, 2.05) is 25.1 Å². The number of rotatable bonds is 6. The van der Waals surface area contributed by atoms with Gasteiger partial charge in [-0.2, -0.15) is 0 Å². The third-order valence-corrected chi connectivity index (χ3v) is 2.87. The Balaban J connectivity index is 2.05.